The van der Waals surface area contributed by atoms with Gasteiger partial charge in [-0.2, -0.15) is 0 Å². The van der Waals surface area contributed by atoms with Crippen LogP contribution in [0, 0.1) is 23.7 Å². The van der Waals surface area contributed by atoms with Crippen molar-refractivity contribution in [1.29, 1.82) is 0 Å². The van der Waals surface area contributed by atoms with E-state index in [4.69, 9.17) is 19.9 Å². The summed E-state index contributed by atoms with van der Waals surface area (Å²) in [7, 11) is 0. The molecule has 14 rings (SSSR count). The monoisotopic (exact) mass is 770 g/mol. The lowest BCUT2D eigenvalue weighted by atomic mass is 9.43. The van der Waals surface area contributed by atoms with E-state index in [1.165, 1.54) is 65.1 Å². The summed E-state index contributed by atoms with van der Waals surface area (Å²) in [5, 5.41) is 3.81. The Bertz CT molecular complexity index is 3130. The Morgan fingerprint density at radius 2 is 0.950 bits per heavy atom. The first-order valence-corrected chi connectivity index (χ1v) is 21.7. The molecule has 4 heteroatoms. The van der Waals surface area contributed by atoms with Crippen molar-refractivity contribution in [1.82, 2.24) is 19.9 Å². The fourth-order valence-corrected chi connectivity index (χ4v) is 12.5. The molecule has 5 aliphatic carbocycles. The third kappa shape index (κ3) is 5.10. The number of hydrogen-bond acceptors (Lipinski definition) is 4. The maximum Gasteiger partial charge on any atom is 0.164 e. The van der Waals surface area contributed by atoms with Crippen LogP contribution in [0.4, 0.5) is 0 Å². The number of pyridine rings is 1. The molecule has 4 saturated carbocycles. The smallest absolute Gasteiger partial charge is 0.164 e. The molecular formula is C56H42N4. The minimum atomic E-state index is 0.0864. The average Bonchev–Trinajstić information content (AvgIpc) is 3.59. The molecule has 4 fully saturated rings. The molecule has 286 valence electrons. The van der Waals surface area contributed by atoms with Crippen LogP contribution < -0.4 is 0 Å². The molecule has 4 bridgehead atoms. The van der Waals surface area contributed by atoms with Gasteiger partial charge in [-0.05, 0) is 130 Å². The third-order valence-electron chi connectivity index (χ3n) is 14.7. The van der Waals surface area contributed by atoms with Gasteiger partial charge in [0, 0.05) is 39.3 Å². The summed E-state index contributed by atoms with van der Waals surface area (Å²) >= 11 is 0. The van der Waals surface area contributed by atoms with E-state index < -0.39 is 0 Å². The SMILES string of the molecule is c1ccc(-c2nc(-c3ccc(-c4cccc5cccnc45)cc3)nc(-c3cccc(-c4cccc5c4-c4cc6ccccc6cc4C54C5CC6CC(C5)CC4C6)c3)n2)cc1. The second-order valence-electron chi connectivity index (χ2n) is 17.9. The van der Waals surface area contributed by atoms with Crippen molar-refractivity contribution in [2.45, 2.75) is 37.5 Å². The lowest BCUT2D eigenvalue weighted by Gasteiger charge is -2.61. The molecule has 0 N–H and O–H groups in total. The number of hydrogen-bond donors (Lipinski definition) is 0. The quantitative estimate of drug-likeness (QED) is 0.175. The zero-order valence-corrected chi connectivity index (χ0v) is 33.3. The van der Waals surface area contributed by atoms with Gasteiger partial charge in [-0.25, -0.2) is 15.0 Å². The Morgan fingerprint density at radius 3 is 1.72 bits per heavy atom. The van der Waals surface area contributed by atoms with Crippen LogP contribution in [0.15, 0.2) is 170 Å². The van der Waals surface area contributed by atoms with Crippen LogP contribution in [0.2, 0.25) is 0 Å². The summed E-state index contributed by atoms with van der Waals surface area (Å²) in [6, 6.07) is 59.5. The summed E-state index contributed by atoms with van der Waals surface area (Å²) in [4.78, 5) is 20.2. The number of benzene rings is 7. The Hall–Kier alpha value is -6.78. The Kier molecular flexibility index (Phi) is 7.46. The molecule has 0 unspecified atom stereocenters. The highest BCUT2D eigenvalue weighted by molar-refractivity contribution is 5.99. The first-order chi connectivity index (χ1) is 29.7. The normalized spacial score (nSPS) is 22.1. The minimum Gasteiger partial charge on any atom is -0.256 e. The largest absolute Gasteiger partial charge is 0.256 e. The molecule has 2 aromatic heterocycles. The molecular weight excluding hydrogens is 729 g/mol. The zero-order chi connectivity index (χ0) is 39.4. The first-order valence-electron chi connectivity index (χ1n) is 21.7. The molecule has 2 heterocycles. The van der Waals surface area contributed by atoms with Gasteiger partial charge in [-0.3, -0.25) is 4.98 Å². The Labute approximate surface area is 350 Å². The van der Waals surface area contributed by atoms with E-state index in [1.807, 2.05) is 30.5 Å². The van der Waals surface area contributed by atoms with Crippen molar-refractivity contribution < 1.29 is 0 Å². The number of nitrogens with zero attached hydrogens (tertiary/aromatic N) is 4. The predicted molar refractivity (Wildman–Crippen MR) is 243 cm³/mol. The summed E-state index contributed by atoms with van der Waals surface area (Å²) in [6.07, 6.45) is 8.78. The molecule has 0 aliphatic heterocycles. The van der Waals surface area contributed by atoms with E-state index in [-0.39, 0.29) is 5.41 Å². The van der Waals surface area contributed by atoms with Crippen molar-refractivity contribution in [2.24, 2.45) is 23.7 Å². The summed E-state index contributed by atoms with van der Waals surface area (Å²) in [5.41, 5.74) is 14.7. The van der Waals surface area contributed by atoms with Crippen molar-refractivity contribution in [3.63, 3.8) is 0 Å². The summed E-state index contributed by atoms with van der Waals surface area (Å²) in [5.74, 6) is 5.18. The van der Waals surface area contributed by atoms with Crippen LogP contribution in [0.1, 0.15) is 43.2 Å². The van der Waals surface area contributed by atoms with E-state index in [1.54, 1.807) is 11.1 Å². The van der Waals surface area contributed by atoms with E-state index in [9.17, 15) is 0 Å². The van der Waals surface area contributed by atoms with Gasteiger partial charge < -0.3 is 0 Å². The predicted octanol–water partition coefficient (Wildman–Crippen LogP) is 13.6. The average molecular weight is 771 g/mol. The highest BCUT2D eigenvalue weighted by Gasteiger charge is 2.61. The van der Waals surface area contributed by atoms with E-state index in [2.05, 4.69) is 140 Å². The number of aromatic nitrogens is 4. The highest BCUT2D eigenvalue weighted by Crippen LogP contribution is 2.70. The molecule has 1 spiro atoms. The van der Waals surface area contributed by atoms with Crippen molar-refractivity contribution in [3.05, 3.63) is 181 Å². The van der Waals surface area contributed by atoms with E-state index in [0.29, 0.717) is 29.3 Å². The number of fused-ring (bicyclic) bond motifs is 5. The maximum absolute atomic E-state index is 5.21. The molecule has 9 aromatic rings. The van der Waals surface area contributed by atoms with Gasteiger partial charge in [0.2, 0.25) is 0 Å². The minimum absolute atomic E-state index is 0.0864. The van der Waals surface area contributed by atoms with E-state index in [0.717, 1.165) is 50.6 Å². The van der Waals surface area contributed by atoms with E-state index >= 15 is 0 Å². The molecule has 60 heavy (non-hydrogen) atoms. The highest BCUT2D eigenvalue weighted by atomic mass is 15.0. The Balaban J connectivity index is 0.950. The molecule has 5 aliphatic rings. The molecule has 0 saturated heterocycles. The van der Waals surface area contributed by atoms with Gasteiger partial charge in [0.1, 0.15) is 0 Å². The molecule has 4 nitrogen and oxygen atoms in total. The summed E-state index contributed by atoms with van der Waals surface area (Å²) in [6.45, 7) is 0. The molecule has 0 amide bonds. The van der Waals surface area contributed by atoms with Crippen molar-refractivity contribution >= 4 is 21.7 Å². The molecule has 0 radical (unpaired) electrons. The van der Waals surface area contributed by atoms with Gasteiger partial charge in [0.05, 0.1) is 5.52 Å². The van der Waals surface area contributed by atoms with Crippen LogP contribution in [-0.4, -0.2) is 19.9 Å². The van der Waals surface area contributed by atoms with Gasteiger partial charge in [-0.15, -0.1) is 0 Å². The first kappa shape index (κ1) is 34.1. The summed E-state index contributed by atoms with van der Waals surface area (Å²) < 4.78 is 0. The van der Waals surface area contributed by atoms with Gasteiger partial charge in [0.25, 0.3) is 0 Å². The number of para-hydroxylation sites is 1. The Morgan fingerprint density at radius 1 is 0.383 bits per heavy atom. The fraction of sp³-hybridized carbons (Fsp3) is 0.179. The lowest BCUT2D eigenvalue weighted by molar-refractivity contribution is -0.0398. The van der Waals surface area contributed by atoms with Gasteiger partial charge in [-0.1, -0.05) is 140 Å². The van der Waals surface area contributed by atoms with Crippen LogP contribution in [0.3, 0.4) is 0 Å². The van der Waals surface area contributed by atoms with Gasteiger partial charge in [0.15, 0.2) is 17.5 Å². The second-order valence-corrected chi connectivity index (χ2v) is 17.9. The van der Waals surface area contributed by atoms with Crippen LogP contribution in [-0.2, 0) is 5.41 Å². The van der Waals surface area contributed by atoms with Gasteiger partial charge >= 0.3 is 0 Å². The van der Waals surface area contributed by atoms with Crippen LogP contribution in [0.5, 0.6) is 0 Å². The van der Waals surface area contributed by atoms with Crippen LogP contribution in [0.25, 0.3) is 89.2 Å². The lowest BCUT2D eigenvalue weighted by Crippen LogP contribution is -2.55. The maximum atomic E-state index is 5.21. The topological polar surface area (TPSA) is 51.6 Å². The number of rotatable bonds is 5. The van der Waals surface area contributed by atoms with Crippen molar-refractivity contribution in [2.75, 3.05) is 0 Å². The standard InChI is InChI=1S/C56H42N4/c1-2-10-38(11-3-1)53-58-54(39-23-21-36(22-24-39)47-19-7-14-37-17-9-25-57-52(37)47)60-55(59-53)43-16-6-15-42(31-43)46-18-8-20-49-51(46)48-32-40-12-4-5-13-41(40)33-50(48)56(49)44-27-34-26-35(29-44)30-45(56)28-34/h1-25,31-35,44-45H,26-30H2. The van der Waals surface area contributed by atoms with Crippen LogP contribution >= 0.6 is 0 Å². The second kappa shape index (κ2) is 13.1. The molecule has 0 atom stereocenters. The fourth-order valence-electron chi connectivity index (χ4n) is 12.5. The third-order valence-corrected chi connectivity index (χ3v) is 14.7. The zero-order valence-electron chi connectivity index (χ0n) is 33.3. The van der Waals surface area contributed by atoms with Crippen molar-refractivity contribution in [3.8, 4) is 67.5 Å². The molecule has 7 aromatic carbocycles.